The number of nitrogens with zero attached hydrogens (tertiary/aromatic N) is 2. The molecule has 3 rings (SSSR count). The van der Waals surface area contributed by atoms with E-state index in [9.17, 15) is 28.8 Å². The van der Waals surface area contributed by atoms with E-state index in [2.05, 4.69) is 4.74 Å². The molecule has 3 N–H and O–H groups in total. The van der Waals surface area contributed by atoms with Crippen molar-refractivity contribution in [1.29, 1.82) is 0 Å². The SMILES string of the molecule is NCCCCC(C(=O)OC(=O)O)C1(N2C(=O)CCC2=O)CCC(CN2C(=O)C=CC2=O)CC1. The molecule has 4 amide bonds. The van der Waals surface area contributed by atoms with Crippen LogP contribution in [-0.4, -0.2) is 69.3 Å². The van der Waals surface area contributed by atoms with Gasteiger partial charge in [0.2, 0.25) is 11.8 Å². The van der Waals surface area contributed by atoms with Crippen LogP contribution in [0.5, 0.6) is 0 Å². The fourth-order valence-electron chi connectivity index (χ4n) is 5.29. The highest BCUT2D eigenvalue weighted by atomic mass is 16.7. The predicted octanol–water partition coefficient (Wildman–Crippen LogP) is 0.956. The smallest absolute Gasteiger partial charge is 0.449 e. The number of amides is 4. The summed E-state index contributed by atoms with van der Waals surface area (Å²) in [6, 6.07) is 0. The minimum atomic E-state index is -1.75. The summed E-state index contributed by atoms with van der Waals surface area (Å²) in [5.41, 5.74) is 4.37. The highest BCUT2D eigenvalue weighted by molar-refractivity contribution is 6.12. The lowest BCUT2D eigenvalue weighted by atomic mass is 9.67. The maximum atomic E-state index is 12.9. The molecule has 11 nitrogen and oxygen atoms in total. The minimum Gasteiger partial charge on any atom is -0.449 e. The molecule has 3 aliphatic rings. The van der Waals surface area contributed by atoms with Gasteiger partial charge < -0.3 is 15.6 Å². The molecule has 1 unspecified atom stereocenters. The number of carboxylic acid groups (broad SMARTS) is 1. The second kappa shape index (κ2) is 10.2. The van der Waals surface area contributed by atoms with E-state index in [-0.39, 0.29) is 68.2 Å². The summed E-state index contributed by atoms with van der Waals surface area (Å²) in [5.74, 6) is -3.61. The number of likely N-dealkylation sites (tertiary alicyclic amines) is 1. The molecule has 1 atom stereocenters. The number of esters is 1. The molecule has 0 aromatic carbocycles. The van der Waals surface area contributed by atoms with Crippen LogP contribution in [0.1, 0.15) is 57.8 Å². The molecule has 1 aliphatic carbocycles. The molecule has 1 saturated carbocycles. The van der Waals surface area contributed by atoms with E-state index in [1.807, 2.05) is 0 Å². The van der Waals surface area contributed by atoms with Crippen molar-refractivity contribution in [1.82, 2.24) is 9.80 Å². The van der Waals surface area contributed by atoms with Crippen LogP contribution < -0.4 is 5.73 Å². The molecule has 2 heterocycles. The van der Waals surface area contributed by atoms with E-state index in [0.29, 0.717) is 32.2 Å². The molecular formula is C22H29N3O8. The van der Waals surface area contributed by atoms with Crippen molar-refractivity contribution in [3.8, 4) is 0 Å². The van der Waals surface area contributed by atoms with E-state index in [4.69, 9.17) is 10.8 Å². The van der Waals surface area contributed by atoms with Gasteiger partial charge in [0.15, 0.2) is 0 Å². The molecule has 0 aromatic rings. The Labute approximate surface area is 190 Å². The van der Waals surface area contributed by atoms with Gasteiger partial charge in [-0.15, -0.1) is 0 Å². The summed E-state index contributed by atoms with van der Waals surface area (Å²) < 4.78 is 4.51. The maximum Gasteiger partial charge on any atom is 0.513 e. The van der Waals surface area contributed by atoms with Gasteiger partial charge in [0.05, 0.1) is 11.5 Å². The molecule has 0 bridgehead atoms. The van der Waals surface area contributed by atoms with Crippen LogP contribution in [0.4, 0.5) is 4.79 Å². The third-order valence-electron chi connectivity index (χ3n) is 6.88. The van der Waals surface area contributed by atoms with Crippen molar-refractivity contribution in [2.75, 3.05) is 13.1 Å². The maximum absolute atomic E-state index is 12.9. The molecular weight excluding hydrogens is 434 g/mol. The van der Waals surface area contributed by atoms with Gasteiger partial charge in [0.1, 0.15) is 0 Å². The van der Waals surface area contributed by atoms with Gasteiger partial charge in [-0.25, -0.2) is 4.79 Å². The summed E-state index contributed by atoms with van der Waals surface area (Å²) in [5, 5.41) is 9.02. The minimum absolute atomic E-state index is 0.0377. The zero-order valence-corrected chi connectivity index (χ0v) is 18.4. The first kappa shape index (κ1) is 24.6. The van der Waals surface area contributed by atoms with Gasteiger partial charge in [-0.1, -0.05) is 6.42 Å². The fraction of sp³-hybridized carbons (Fsp3) is 0.636. The van der Waals surface area contributed by atoms with E-state index in [0.717, 1.165) is 9.80 Å². The van der Waals surface area contributed by atoms with Crippen LogP contribution >= 0.6 is 0 Å². The molecule has 2 fully saturated rings. The normalized spacial score (nSPS) is 26.3. The topological polar surface area (TPSA) is 164 Å². The average Bonchev–Trinajstić information content (AvgIpc) is 3.27. The predicted molar refractivity (Wildman–Crippen MR) is 112 cm³/mol. The van der Waals surface area contributed by atoms with Crippen LogP contribution in [0.25, 0.3) is 0 Å². The number of imide groups is 2. The van der Waals surface area contributed by atoms with Gasteiger partial charge in [0.25, 0.3) is 11.8 Å². The molecule has 0 spiro atoms. The van der Waals surface area contributed by atoms with E-state index in [1.165, 1.54) is 12.2 Å². The number of nitrogens with two attached hydrogens (primary N) is 1. The molecule has 0 aromatic heterocycles. The number of hydrogen-bond acceptors (Lipinski definition) is 8. The van der Waals surface area contributed by atoms with Crippen molar-refractivity contribution >= 4 is 35.8 Å². The van der Waals surface area contributed by atoms with E-state index in [1.54, 1.807) is 0 Å². The summed E-state index contributed by atoms with van der Waals surface area (Å²) >= 11 is 0. The number of ether oxygens (including phenoxy) is 1. The van der Waals surface area contributed by atoms with Crippen LogP contribution in [0.15, 0.2) is 12.2 Å². The van der Waals surface area contributed by atoms with E-state index < -0.39 is 23.6 Å². The summed E-state index contributed by atoms with van der Waals surface area (Å²) in [6.07, 6.45) is 3.46. The van der Waals surface area contributed by atoms with Crippen LogP contribution in [0, 0.1) is 11.8 Å². The first-order valence-corrected chi connectivity index (χ1v) is 11.2. The lowest BCUT2D eigenvalue weighted by molar-refractivity contribution is -0.161. The first-order chi connectivity index (χ1) is 15.7. The average molecular weight is 463 g/mol. The Kier molecular flexibility index (Phi) is 7.62. The molecule has 11 heteroatoms. The summed E-state index contributed by atoms with van der Waals surface area (Å²) in [7, 11) is 0. The van der Waals surface area contributed by atoms with Crippen LogP contribution in [-0.2, 0) is 28.7 Å². The Hall–Kier alpha value is -3.08. The fourth-order valence-corrected chi connectivity index (χ4v) is 5.29. The highest BCUT2D eigenvalue weighted by Gasteiger charge is 2.55. The lowest BCUT2D eigenvalue weighted by Crippen LogP contribution is -2.60. The van der Waals surface area contributed by atoms with Gasteiger partial charge in [0, 0.05) is 31.5 Å². The van der Waals surface area contributed by atoms with Crippen LogP contribution in [0.2, 0.25) is 0 Å². The standard InChI is InChI=1S/C22H29N3O8/c23-12-2-1-3-15(20(30)33-21(31)32)22(25-18(28)6-7-19(25)29)10-8-14(9-11-22)13-24-16(26)4-5-17(24)27/h4-5,14-15H,1-3,6-13,23H2,(H,31,32). The number of hydrogen-bond donors (Lipinski definition) is 2. The van der Waals surface area contributed by atoms with E-state index >= 15 is 0 Å². The first-order valence-electron chi connectivity index (χ1n) is 11.2. The van der Waals surface area contributed by atoms with Crippen LogP contribution in [0.3, 0.4) is 0 Å². The number of unbranched alkanes of at least 4 members (excludes halogenated alkanes) is 1. The number of rotatable bonds is 9. The second-order valence-electron chi connectivity index (χ2n) is 8.81. The van der Waals surface area contributed by atoms with Crippen molar-refractivity contribution in [3.63, 3.8) is 0 Å². The van der Waals surface area contributed by atoms with Crippen molar-refractivity contribution in [2.45, 2.75) is 63.3 Å². The molecule has 33 heavy (non-hydrogen) atoms. The van der Waals surface area contributed by atoms with Gasteiger partial charge in [-0.2, -0.15) is 0 Å². The Balaban J connectivity index is 1.86. The largest absolute Gasteiger partial charge is 0.513 e. The van der Waals surface area contributed by atoms with Gasteiger partial charge in [-0.05, 0) is 51.0 Å². The van der Waals surface area contributed by atoms with Gasteiger partial charge >= 0.3 is 12.1 Å². The molecule has 1 saturated heterocycles. The van der Waals surface area contributed by atoms with Crippen molar-refractivity contribution in [2.24, 2.45) is 17.6 Å². The summed E-state index contributed by atoms with van der Waals surface area (Å²) in [4.78, 5) is 75.6. The monoisotopic (exact) mass is 463 g/mol. The zero-order chi connectivity index (χ0) is 24.2. The quantitative estimate of drug-likeness (QED) is 0.219. The molecule has 0 radical (unpaired) electrons. The van der Waals surface area contributed by atoms with Crippen molar-refractivity contribution < 1.29 is 38.6 Å². The Bertz CT molecular complexity index is 841. The Morgan fingerprint density at radius 1 is 1.06 bits per heavy atom. The lowest BCUT2D eigenvalue weighted by Gasteiger charge is -2.49. The molecule has 2 aliphatic heterocycles. The van der Waals surface area contributed by atoms with Crippen molar-refractivity contribution in [3.05, 3.63) is 12.2 Å². The second-order valence-corrected chi connectivity index (χ2v) is 8.81. The third kappa shape index (κ3) is 5.13. The Morgan fingerprint density at radius 3 is 2.15 bits per heavy atom. The summed E-state index contributed by atoms with van der Waals surface area (Å²) in [6.45, 7) is 0.587. The zero-order valence-electron chi connectivity index (χ0n) is 18.4. The number of carbonyl (C=O) groups excluding carboxylic acids is 5. The number of carbonyl (C=O) groups is 6. The Morgan fingerprint density at radius 2 is 1.64 bits per heavy atom. The van der Waals surface area contributed by atoms with Gasteiger partial charge in [-0.3, -0.25) is 33.8 Å². The third-order valence-corrected chi connectivity index (χ3v) is 6.88. The molecule has 180 valence electrons. The highest BCUT2D eigenvalue weighted by Crippen LogP contribution is 2.46.